The Bertz CT molecular complexity index is 591. The summed E-state index contributed by atoms with van der Waals surface area (Å²) in [5.41, 5.74) is 6.74. The van der Waals surface area contributed by atoms with Crippen molar-refractivity contribution in [2.45, 2.75) is 6.54 Å². The minimum absolute atomic E-state index is 0.0875. The lowest BCUT2D eigenvalue weighted by atomic mass is 10.4. The lowest BCUT2D eigenvalue weighted by Gasteiger charge is -2.07. The molecule has 0 aliphatic heterocycles. The van der Waals surface area contributed by atoms with Crippen molar-refractivity contribution in [3.05, 3.63) is 38.8 Å². The number of nitrogens with one attached hydrogen (secondary N) is 2. The molecular formula is C9H9N5OS2. The maximum absolute atomic E-state index is 10.9. The number of hydrogen-bond donors (Lipinski definition) is 3. The Labute approximate surface area is 106 Å². The van der Waals surface area contributed by atoms with Gasteiger partial charge in [0.1, 0.15) is 10.7 Å². The van der Waals surface area contributed by atoms with Gasteiger partial charge in [-0.05, 0) is 0 Å². The van der Waals surface area contributed by atoms with Crippen molar-refractivity contribution in [3.63, 3.8) is 0 Å². The van der Waals surface area contributed by atoms with Crippen molar-refractivity contribution < 1.29 is 0 Å². The number of nitrogens with zero attached hydrogens (tertiary/aromatic N) is 2. The third-order valence-corrected chi connectivity index (χ3v) is 2.86. The summed E-state index contributed by atoms with van der Waals surface area (Å²) in [6.07, 6.45) is 3.06. The fourth-order valence-electron chi connectivity index (χ4n) is 1.23. The molecule has 0 amide bonds. The van der Waals surface area contributed by atoms with E-state index in [1.165, 1.54) is 6.20 Å². The van der Waals surface area contributed by atoms with Crippen LogP contribution in [0.15, 0.2) is 22.6 Å². The Morgan fingerprint density at radius 2 is 2.29 bits per heavy atom. The highest BCUT2D eigenvalue weighted by atomic mass is 32.1. The van der Waals surface area contributed by atoms with E-state index >= 15 is 0 Å². The van der Waals surface area contributed by atoms with E-state index in [1.807, 2.05) is 0 Å². The number of aromatic nitrogens is 3. The van der Waals surface area contributed by atoms with Gasteiger partial charge in [-0.1, -0.05) is 23.6 Å². The molecule has 0 aliphatic carbocycles. The number of aromatic amines is 1. The molecule has 0 atom stereocenters. The van der Waals surface area contributed by atoms with Gasteiger partial charge in [-0.3, -0.25) is 4.79 Å². The summed E-state index contributed by atoms with van der Waals surface area (Å²) in [4.78, 5) is 21.8. The van der Waals surface area contributed by atoms with E-state index < -0.39 is 0 Å². The average molecular weight is 267 g/mol. The molecule has 0 unspecified atom stereocenters. The first kappa shape index (κ1) is 11.7. The fraction of sp³-hybridized carbons (Fsp3) is 0.111. The van der Waals surface area contributed by atoms with Crippen LogP contribution in [0.3, 0.4) is 0 Å². The van der Waals surface area contributed by atoms with Gasteiger partial charge in [0.15, 0.2) is 5.82 Å². The smallest absolute Gasteiger partial charge is 0.304 e. The topological polar surface area (TPSA) is 96.7 Å². The molecule has 0 fully saturated rings. The monoisotopic (exact) mass is 267 g/mol. The van der Waals surface area contributed by atoms with Crippen LogP contribution < -0.4 is 15.9 Å². The number of nitrogens with two attached hydrogens (primary N) is 1. The average Bonchev–Trinajstić information content (AvgIpc) is 2.73. The summed E-state index contributed by atoms with van der Waals surface area (Å²) >= 11 is 5.98. The van der Waals surface area contributed by atoms with E-state index in [-0.39, 0.29) is 9.86 Å². The van der Waals surface area contributed by atoms with Gasteiger partial charge in [0.05, 0.1) is 6.54 Å². The number of thiocarbonyl (C=S) groups is 1. The molecule has 2 aromatic heterocycles. The SMILES string of the molecule is NC(=S)c1nccnc1NCc1csc(=O)[nH]1. The summed E-state index contributed by atoms with van der Waals surface area (Å²) in [7, 11) is 0. The van der Waals surface area contributed by atoms with Crippen LogP contribution in [0, 0.1) is 0 Å². The van der Waals surface area contributed by atoms with Crippen molar-refractivity contribution in [1.29, 1.82) is 0 Å². The van der Waals surface area contributed by atoms with Gasteiger partial charge in [-0.25, -0.2) is 9.97 Å². The molecule has 2 rings (SSSR count). The molecule has 2 heterocycles. The molecule has 88 valence electrons. The quantitative estimate of drug-likeness (QED) is 0.697. The van der Waals surface area contributed by atoms with Crippen LogP contribution in [0.1, 0.15) is 11.4 Å². The van der Waals surface area contributed by atoms with Crippen LogP contribution in [0.4, 0.5) is 5.82 Å². The van der Waals surface area contributed by atoms with Crippen molar-refractivity contribution in [3.8, 4) is 0 Å². The molecule has 0 aliphatic rings. The lowest BCUT2D eigenvalue weighted by Crippen LogP contribution is -2.16. The van der Waals surface area contributed by atoms with Gasteiger partial charge in [0, 0.05) is 23.5 Å². The fourth-order valence-corrected chi connectivity index (χ4v) is 1.96. The first-order valence-corrected chi connectivity index (χ1v) is 5.97. The standard InChI is InChI=1S/C9H9N5OS2/c10-7(16)6-8(12-2-1-11-6)13-3-5-4-17-9(15)14-5/h1-2,4H,3H2,(H2,10,16)(H,12,13)(H,14,15). The molecule has 4 N–H and O–H groups in total. The van der Waals surface area contributed by atoms with Crippen LogP contribution in [0.5, 0.6) is 0 Å². The predicted molar refractivity (Wildman–Crippen MR) is 70.2 cm³/mol. The van der Waals surface area contributed by atoms with Crippen LogP contribution in [0.25, 0.3) is 0 Å². The van der Waals surface area contributed by atoms with Gasteiger partial charge in [-0.2, -0.15) is 0 Å². The van der Waals surface area contributed by atoms with Gasteiger partial charge in [0.25, 0.3) is 0 Å². The molecule has 17 heavy (non-hydrogen) atoms. The number of H-pyrrole nitrogens is 1. The number of thiazole rings is 1. The van der Waals surface area contributed by atoms with E-state index in [0.29, 0.717) is 18.1 Å². The van der Waals surface area contributed by atoms with Gasteiger partial charge in [-0.15, -0.1) is 0 Å². The second kappa shape index (κ2) is 5.02. The van der Waals surface area contributed by atoms with Crippen LogP contribution in [-0.4, -0.2) is 19.9 Å². The summed E-state index contributed by atoms with van der Waals surface area (Å²) in [5, 5.41) is 4.76. The third kappa shape index (κ3) is 2.86. The first-order valence-electron chi connectivity index (χ1n) is 4.68. The largest absolute Gasteiger partial charge is 0.388 e. The highest BCUT2D eigenvalue weighted by Crippen LogP contribution is 2.09. The van der Waals surface area contributed by atoms with E-state index in [0.717, 1.165) is 17.0 Å². The van der Waals surface area contributed by atoms with Gasteiger partial charge >= 0.3 is 4.87 Å². The third-order valence-electron chi connectivity index (χ3n) is 1.95. The summed E-state index contributed by atoms with van der Waals surface area (Å²) in [6.45, 7) is 0.438. The second-order valence-electron chi connectivity index (χ2n) is 3.14. The zero-order valence-corrected chi connectivity index (χ0v) is 10.3. The Balaban J connectivity index is 2.14. The van der Waals surface area contributed by atoms with Gasteiger partial charge in [0.2, 0.25) is 0 Å². The van der Waals surface area contributed by atoms with Gasteiger partial charge < -0.3 is 16.0 Å². The molecule has 0 saturated carbocycles. The highest BCUT2D eigenvalue weighted by Gasteiger charge is 2.07. The van der Waals surface area contributed by atoms with E-state index in [2.05, 4.69) is 20.3 Å². The maximum atomic E-state index is 10.9. The lowest BCUT2D eigenvalue weighted by molar-refractivity contribution is 1.03. The molecule has 6 nitrogen and oxygen atoms in total. The minimum Gasteiger partial charge on any atom is -0.388 e. The molecule has 0 radical (unpaired) electrons. The van der Waals surface area contributed by atoms with Crippen LogP contribution in [-0.2, 0) is 6.54 Å². The number of rotatable bonds is 4. The Morgan fingerprint density at radius 1 is 1.53 bits per heavy atom. The summed E-state index contributed by atoms with van der Waals surface area (Å²) in [5.74, 6) is 0.507. The molecule has 0 spiro atoms. The Morgan fingerprint density at radius 3 is 2.94 bits per heavy atom. The minimum atomic E-state index is -0.0875. The molecule has 8 heteroatoms. The maximum Gasteiger partial charge on any atom is 0.304 e. The van der Waals surface area contributed by atoms with E-state index in [9.17, 15) is 4.79 Å². The van der Waals surface area contributed by atoms with Crippen molar-refractivity contribution in [2.24, 2.45) is 5.73 Å². The molecule has 0 saturated heterocycles. The number of anilines is 1. The Hall–Kier alpha value is -1.80. The normalized spacial score (nSPS) is 10.1. The predicted octanol–water partition coefficient (Wildman–Crippen LogP) is 0.473. The van der Waals surface area contributed by atoms with Crippen LogP contribution >= 0.6 is 23.6 Å². The first-order chi connectivity index (χ1) is 8.16. The van der Waals surface area contributed by atoms with Crippen molar-refractivity contribution >= 4 is 34.4 Å². The summed E-state index contributed by atoms with van der Waals surface area (Å²) < 4.78 is 0. The Kier molecular flexibility index (Phi) is 3.45. The van der Waals surface area contributed by atoms with Crippen LogP contribution in [0.2, 0.25) is 0 Å². The highest BCUT2D eigenvalue weighted by molar-refractivity contribution is 7.80. The zero-order valence-electron chi connectivity index (χ0n) is 8.64. The molecule has 0 bridgehead atoms. The summed E-state index contributed by atoms with van der Waals surface area (Å²) in [6, 6.07) is 0. The second-order valence-corrected chi connectivity index (χ2v) is 4.43. The molecule has 0 aromatic carbocycles. The molecular weight excluding hydrogens is 258 g/mol. The van der Waals surface area contributed by atoms with Crippen molar-refractivity contribution in [2.75, 3.05) is 5.32 Å². The molecule has 2 aromatic rings. The van der Waals surface area contributed by atoms with E-state index in [1.54, 1.807) is 11.6 Å². The zero-order chi connectivity index (χ0) is 12.3. The number of hydrogen-bond acceptors (Lipinski definition) is 6. The van der Waals surface area contributed by atoms with Crippen molar-refractivity contribution in [1.82, 2.24) is 15.0 Å². The van der Waals surface area contributed by atoms with E-state index in [4.69, 9.17) is 18.0 Å².